The Hall–Kier alpha value is -2.42. The number of carbonyl (C=O) groups excluding carboxylic acids is 1. The molecule has 1 atom stereocenters. The molecule has 6 nitrogen and oxygen atoms in total. The third-order valence-electron chi connectivity index (χ3n) is 4.41. The number of nitrogens with zero attached hydrogens (tertiary/aromatic N) is 3. The number of amides is 1. The molecular formula is C20H21ClFN3O3S. The van der Waals surface area contributed by atoms with Gasteiger partial charge in [0.25, 0.3) is 5.91 Å². The molecule has 9 heteroatoms. The fourth-order valence-electron chi connectivity index (χ4n) is 2.93. The molecule has 2 aromatic carbocycles. The number of halogens is 2. The number of likely N-dealkylation sites (N-methyl/N-ethyl adjacent to an activating group) is 1. The first-order valence-corrected chi connectivity index (χ1v) is 9.74. The first kappa shape index (κ1) is 21.3. The average Bonchev–Trinajstić information content (AvgIpc) is 3.12. The summed E-state index contributed by atoms with van der Waals surface area (Å²) in [7, 11) is 3.86. The van der Waals surface area contributed by atoms with Gasteiger partial charge in [-0.1, -0.05) is 29.5 Å². The molecule has 4 rings (SSSR count). The van der Waals surface area contributed by atoms with Crippen molar-refractivity contribution in [3.05, 3.63) is 48.3 Å². The number of hydrogen-bond donors (Lipinski definition) is 0. The van der Waals surface area contributed by atoms with Crippen molar-refractivity contribution in [2.24, 2.45) is 0 Å². The zero-order valence-electron chi connectivity index (χ0n) is 16.0. The maximum absolute atomic E-state index is 14.1. The van der Waals surface area contributed by atoms with Crippen LogP contribution in [0.25, 0.3) is 10.2 Å². The van der Waals surface area contributed by atoms with Gasteiger partial charge in [-0.05, 0) is 38.4 Å². The van der Waals surface area contributed by atoms with E-state index >= 15 is 0 Å². The highest BCUT2D eigenvalue weighted by molar-refractivity contribution is 7.22. The van der Waals surface area contributed by atoms with Gasteiger partial charge in [-0.25, -0.2) is 9.37 Å². The minimum Gasteiger partial charge on any atom is -0.485 e. The van der Waals surface area contributed by atoms with Crippen LogP contribution >= 0.6 is 23.7 Å². The molecule has 1 unspecified atom stereocenters. The van der Waals surface area contributed by atoms with Gasteiger partial charge in [0, 0.05) is 13.1 Å². The molecule has 154 valence electrons. The van der Waals surface area contributed by atoms with Crippen molar-refractivity contribution in [1.29, 1.82) is 0 Å². The average molecular weight is 438 g/mol. The van der Waals surface area contributed by atoms with Gasteiger partial charge in [0.2, 0.25) is 6.10 Å². The van der Waals surface area contributed by atoms with Gasteiger partial charge in [0.15, 0.2) is 16.6 Å². The zero-order valence-corrected chi connectivity index (χ0v) is 17.6. The van der Waals surface area contributed by atoms with E-state index in [2.05, 4.69) is 4.98 Å². The summed E-state index contributed by atoms with van der Waals surface area (Å²) in [6.07, 6.45) is -0.783. The third kappa shape index (κ3) is 4.44. The van der Waals surface area contributed by atoms with Crippen LogP contribution in [0.15, 0.2) is 42.5 Å². The first-order chi connectivity index (χ1) is 13.5. The lowest BCUT2D eigenvalue weighted by Crippen LogP contribution is -2.48. The monoisotopic (exact) mass is 437 g/mol. The fourth-order valence-corrected chi connectivity index (χ4v) is 3.95. The van der Waals surface area contributed by atoms with Gasteiger partial charge in [0.05, 0.1) is 4.70 Å². The Morgan fingerprint density at radius 3 is 2.66 bits per heavy atom. The quantitative estimate of drug-likeness (QED) is 0.610. The molecule has 0 fully saturated rings. The maximum Gasteiger partial charge on any atom is 0.273 e. The summed E-state index contributed by atoms with van der Waals surface area (Å²) < 4.78 is 26.3. The Labute approximate surface area is 178 Å². The maximum atomic E-state index is 14.1. The molecule has 0 N–H and O–H groups in total. The second kappa shape index (κ2) is 8.94. The Kier molecular flexibility index (Phi) is 6.56. The van der Waals surface area contributed by atoms with E-state index in [1.165, 1.54) is 17.4 Å². The highest BCUT2D eigenvalue weighted by Gasteiger charge is 2.33. The Morgan fingerprint density at radius 1 is 1.17 bits per heavy atom. The smallest absolute Gasteiger partial charge is 0.273 e. The second-order valence-electron chi connectivity index (χ2n) is 6.74. The summed E-state index contributed by atoms with van der Waals surface area (Å²) in [5.74, 6) is 0.505. The molecular weight excluding hydrogens is 417 g/mol. The lowest BCUT2D eigenvalue weighted by Gasteiger charge is -2.30. The van der Waals surface area contributed by atoms with E-state index < -0.39 is 11.9 Å². The lowest BCUT2D eigenvalue weighted by molar-refractivity contribution is -0.127. The van der Waals surface area contributed by atoms with Crippen molar-refractivity contribution in [1.82, 2.24) is 9.88 Å². The van der Waals surface area contributed by atoms with Crippen LogP contribution in [0, 0.1) is 5.82 Å². The van der Waals surface area contributed by atoms with Crippen molar-refractivity contribution in [2.75, 3.05) is 38.7 Å². The van der Waals surface area contributed by atoms with Crippen LogP contribution in [0.3, 0.4) is 0 Å². The van der Waals surface area contributed by atoms with Crippen molar-refractivity contribution < 1.29 is 18.7 Å². The molecule has 0 bridgehead atoms. The predicted octanol–water partition coefficient (Wildman–Crippen LogP) is 3.59. The Morgan fingerprint density at radius 2 is 1.93 bits per heavy atom. The number of hydrogen-bond acceptors (Lipinski definition) is 6. The van der Waals surface area contributed by atoms with Crippen LogP contribution in [-0.4, -0.2) is 55.7 Å². The molecule has 1 aliphatic rings. The molecule has 0 radical (unpaired) electrons. The number of anilines is 1. The highest BCUT2D eigenvalue weighted by Crippen LogP contribution is 2.34. The Bertz CT molecular complexity index is 1010. The van der Waals surface area contributed by atoms with Gasteiger partial charge in [0.1, 0.15) is 17.9 Å². The van der Waals surface area contributed by atoms with Crippen LogP contribution in [0.1, 0.15) is 0 Å². The van der Waals surface area contributed by atoms with Crippen molar-refractivity contribution in [3.8, 4) is 11.5 Å². The SMILES string of the molecule is CN(C)CCN(C(=O)C1COc2ccccc2O1)c1nc2c(F)cccc2s1.Cl. The normalized spacial score (nSPS) is 15.2. The van der Waals surface area contributed by atoms with Crippen LogP contribution < -0.4 is 14.4 Å². The molecule has 1 amide bonds. The standard InChI is InChI=1S/C20H20FN3O3S.ClH/c1-23(2)10-11-24(20-22-18-13(21)6-5-9-17(18)28-20)19(25)16-12-26-14-7-3-4-8-15(14)27-16;/h3-9,16H,10-12H2,1-2H3;1H. The van der Waals surface area contributed by atoms with Gasteiger partial charge in [-0.2, -0.15) is 0 Å². The predicted molar refractivity (Wildman–Crippen MR) is 114 cm³/mol. The van der Waals surface area contributed by atoms with Gasteiger partial charge in [-0.15, -0.1) is 12.4 Å². The van der Waals surface area contributed by atoms with E-state index in [-0.39, 0.29) is 30.4 Å². The topological polar surface area (TPSA) is 54.9 Å². The highest BCUT2D eigenvalue weighted by atomic mass is 35.5. The zero-order chi connectivity index (χ0) is 19.7. The number of ether oxygens (including phenoxy) is 2. The van der Waals surface area contributed by atoms with E-state index in [1.54, 1.807) is 29.2 Å². The molecule has 29 heavy (non-hydrogen) atoms. The summed E-state index contributed by atoms with van der Waals surface area (Å²) in [6.45, 7) is 1.16. The van der Waals surface area contributed by atoms with Crippen LogP contribution in [0.4, 0.5) is 9.52 Å². The summed E-state index contributed by atoms with van der Waals surface area (Å²) in [6, 6.07) is 12.1. The Balaban J connectivity index is 0.00000240. The van der Waals surface area contributed by atoms with E-state index in [4.69, 9.17) is 9.47 Å². The van der Waals surface area contributed by atoms with E-state index in [9.17, 15) is 9.18 Å². The minimum absolute atomic E-state index is 0. The van der Waals surface area contributed by atoms with Crippen LogP contribution in [-0.2, 0) is 4.79 Å². The summed E-state index contributed by atoms with van der Waals surface area (Å²) in [5.41, 5.74) is 0.274. The van der Waals surface area contributed by atoms with Gasteiger partial charge >= 0.3 is 0 Å². The van der Waals surface area contributed by atoms with Crippen molar-refractivity contribution in [3.63, 3.8) is 0 Å². The van der Waals surface area contributed by atoms with Crippen LogP contribution in [0.5, 0.6) is 11.5 Å². The van der Waals surface area contributed by atoms with Crippen molar-refractivity contribution >= 4 is 45.0 Å². The summed E-state index contributed by atoms with van der Waals surface area (Å²) >= 11 is 1.29. The molecule has 2 heterocycles. The van der Waals surface area contributed by atoms with E-state index in [1.807, 2.05) is 31.1 Å². The fraction of sp³-hybridized carbons (Fsp3) is 0.300. The van der Waals surface area contributed by atoms with E-state index in [0.717, 1.165) is 0 Å². The third-order valence-corrected chi connectivity index (χ3v) is 5.45. The summed E-state index contributed by atoms with van der Waals surface area (Å²) in [4.78, 5) is 21.2. The van der Waals surface area contributed by atoms with Gasteiger partial charge < -0.3 is 14.4 Å². The lowest BCUT2D eigenvalue weighted by atomic mass is 10.2. The number of rotatable bonds is 5. The molecule has 0 aliphatic carbocycles. The second-order valence-corrected chi connectivity index (χ2v) is 7.75. The molecule has 0 saturated heterocycles. The largest absolute Gasteiger partial charge is 0.485 e. The van der Waals surface area contributed by atoms with Crippen molar-refractivity contribution in [2.45, 2.75) is 6.10 Å². The number of benzene rings is 2. The molecule has 1 aromatic heterocycles. The summed E-state index contributed by atoms with van der Waals surface area (Å²) in [5, 5.41) is 0.453. The number of aromatic nitrogens is 1. The molecule has 1 aliphatic heterocycles. The number of fused-ring (bicyclic) bond motifs is 2. The number of thiazole rings is 1. The minimum atomic E-state index is -0.783. The molecule has 0 spiro atoms. The molecule has 3 aromatic rings. The van der Waals surface area contributed by atoms with Crippen LogP contribution in [0.2, 0.25) is 0 Å². The van der Waals surface area contributed by atoms with E-state index in [0.29, 0.717) is 34.4 Å². The number of carbonyl (C=O) groups is 1. The first-order valence-electron chi connectivity index (χ1n) is 8.92. The molecule has 0 saturated carbocycles. The number of para-hydroxylation sites is 3. The van der Waals surface area contributed by atoms with Gasteiger partial charge in [-0.3, -0.25) is 9.69 Å².